The Morgan fingerprint density at radius 1 is 1.05 bits per heavy atom. The fourth-order valence-corrected chi connectivity index (χ4v) is 3.85. The second-order valence-corrected chi connectivity index (χ2v) is 6.42. The first-order valence-corrected chi connectivity index (χ1v) is 8.36. The van der Waals surface area contributed by atoms with E-state index >= 15 is 0 Å². The maximum absolute atomic E-state index is 4.10. The number of aromatic nitrogens is 1. The van der Waals surface area contributed by atoms with E-state index in [4.69, 9.17) is 0 Å². The smallest absolute Gasteiger partial charge is 0.0420 e. The monoisotopic (exact) mass is 293 g/mol. The van der Waals surface area contributed by atoms with Gasteiger partial charge in [0.1, 0.15) is 0 Å². The number of para-hydroxylation sites is 1. The molecule has 1 aromatic heterocycles. The Hall–Kier alpha value is -1.87. The van der Waals surface area contributed by atoms with Crippen LogP contribution in [0.4, 0.5) is 5.69 Å². The Morgan fingerprint density at radius 3 is 2.82 bits per heavy atom. The molecule has 22 heavy (non-hydrogen) atoms. The summed E-state index contributed by atoms with van der Waals surface area (Å²) in [5.74, 6) is 0. The van der Waals surface area contributed by atoms with E-state index in [1.54, 1.807) is 0 Å². The molecule has 4 rings (SSSR count). The van der Waals surface area contributed by atoms with Crippen molar-refractivity contribution in [1.29, 1.82) is 0 Å². The van der Waals surface area contributed by atoms with Crippen molar-refractivity contribution < 1.29 is 0 Å². The predicted molar refractivity (Wildman–Crippen MR) is 90.3 cm³/mol. The molecule has 3 heterocycles. The summed E-state index contributed by atoms with van der Waals surface area (Å²) in [5.41, 5.74) is 4.41. The normalized spacial score (nSPS) is 21.3. The van der Waals surface area contributed by atoms with Crippen molar-refractivity contribution in [2.75, 3.05) is 31.1 Å². The second-order valence-electron chi connectivity index (χ2n) is 6.42. The van der Waals surface area contributed by atoms with Crippen molar-refractivity contribution in [3.8, 4) is 0 Å². The van der Waals surface area contributed by atoms with Gasteiger partial charge in [-0.3, -0.25) is 9.88 Å². The molecule has 0 aliphatic carbocycles. The first-order chi connectivity index (χ1) is 10.9. The number of nitrogens with zero attached hydrogens (tertiary/aromatic N) is 3. The zero-order valence-corrected chi connectivity index (χ0v) is 13.0. The first-order valence-electron chi connectivity index (χ1n) is 8.36. The fraction of sp³-hybridized carbons (Fsp3) is 0.421. The predicted octanol–water partition coefficient (Wildman–Crippen LogP) is 2.76. The van der Waals surface area contributed by atoms with Crippen LogP contribution in [-0.2, 0) is 12.8 Å². The molecule has 0 radical (unpaired) electrons. The Morgan fingerprint density at radius 2 is 1.91 bits per heavy atom. The molecule has 3 nitrogen and oxygen atoms in total. The number of aryl methyl sites for hydroxylation is 1. The van der Waals surface area contributed by atoms with Crippen LogP contribution in [0.3, 0.4) is 0 Å². The lowest BCUT2D eigenvalue weighted by Crippen LogP contribution is -2.55. The second kappa shape index (κ2) is 6.09. The molecule has 1 fully saturated rings. The van der Waals surface area contributed by atoms with E-state index in [1.165, 1.54) is 42.7 Å². The molecule has 1 aromatic carbocycles. The van der Waals surface area contributed by atoms with Crippen LogP contribution >= 0.6 is 0 Å². The minimum Gasteiger partial charge on any atom is -0.366 e. The minimum absolute atomic E-state index is 0.695. The van der Waals surface area contributed by atoms with Gasteiger partial charge in [0.2, 0.25) is 0 Å². The summed E-state index contributed by atoms with van der Waals surface area (Å²) in [5, 5.41) is 0. The van der Waals surface area contributed by atoms with E-state index in [0.717, 1.165) is 19.5 Å². The molecule has 2 aliphatic heterocycles. The molecule has 0 saturated carbocycles. The maximum atomic E-state index is 4.10. The quantitative estimate of drug-likeness (QED) is 0.867. The van der Waals surface area contributed by atoms with Crippen LogP contribution in [-0.4, -0.2) is 42.1 Å². The molecule has 3 heteroatoms. The number of hydrogen-bond acceptors (Lipinski definition) is 3. The van der Waals surface area contributed by atoms with Crippen molar-refractivity contribution in [3.63, 3.8) is 0 Å². The minimum atomic E-state index is 0.695. The third kappa shape index (κ3) is 2.73. The van der Waals surface area contributed by atoms with Crippen molar-refractivity contribution in [2.24, 2.45) is 0 Å². The molecule has 1 atom stereocenters. The number of anilines is 1. The van der Waals surface area contributed by atoms with Gasteiger partial charge >= 0.3 is 0 Å². The SMILES string of the molecule is c1ccc2c(c1)CC[C@H]1CN(CCc3ccncc3)CCN21. The summed E-state index contributed by atoms with van der Waals surface area (Å²) in [4.78, 5) is 9.37. The average Bonchev–Trinajstić information content (AvgIpc) is 2.60. The van der Waals surface area contributed by atoms with Crippen LogP contribution in [0.15, 0.2) is 48.8 Å². The van der Waals surface area contributed by atoms with Crippen LogP contribution in [0.25, 0.3) is 0 Å². The zero-order chi connectivity index (χ0) is 14.8. The zero-order valence-electron chi connectivity index (χ0n) is 13.0. The van der Waals surface area contributed by atoms with E-state index in [9.17, 15) is 0 Å². The van der Waals surface area contributed by atoms with Gasteiger partial charge in [0.15, 0.2) is 0 Å². The van der Waals surface area contributed by atoms with Gasteiger partial charge in [-0.2, -0.15) is 0 Å². The lowest BCUT2D eigenvalue weighted by Gasteiger charge is -2.46. The van der Waals surface area contributed by atoms with E-state index < -0.39 is 0 Å². The number of rotatable bonds is 3. The molecule has 2 aliphatic rings. The highest BCUT2D eigenvalue weighted by molar-refractivity contribution is 5.57. The van der Waals surface area contributed by atoms with Crippen molar-refractivity contribution in [3.05, 3.63) is 59.9 Å². The third-order valence-electron chi connectivity index (χ3n) is 5.08. The van der Waals surface area contributed by atoms with Crippen LogP contribution in [0, 0.1) is 0 Å². The Kier molecular flexibility index (Phi) is 3.81. The molecule has 0 spiro atoms. The molecule has 0 bridgehead atoms. The Balaban J connectivity index is 1.39. The van der Waals surface area contributed by atoms with Gasteiger partial charge in [-0.05, 0) is 48.6 Å². The highest BCUT2D eigenvalue weighted by Crippen LogP contribution is 2.32. The average molecular weight is 293 g/mol. The topological polar surface area (TPSA) is 19.4 Å². The van der Waals surface area contributed by atoms with Gasteiger partial charge in [-0.1, -0.05) is 18.2 Å². The fourth-order valence-electron chi connectivity index (χ4n) is 3.85. The van der Waals surface area contributed by atoms with Gasteiger partial charge in [-0.15, -0.1) is 0 Å². The number of benzene rings is 1. The standard InChI is InChI=1S/C19H23N3/c1-2-4-19-17(3-1)5-6-18-15-21(13-14-22(18)19)12-9-16-7-10-20-11-8-16/h1-4,7-8,10-11,18H,5-6,9,12-15H2/t18-/m0/s1. The van der Waals surface area contributed by atoms with E-state index in [2.05, 4.69) is 51.2 Å². The molecule has 1 saturated heterocycles. The van der Waals surface area contributed by atoms with E-state index in [0.29, 0.717) is 6.04 Å². The van der Waals surface area contributed by atoms with Crippen molar-refractivity contribution >= 4 is 5.69 Å². The molecular formula is C19H23N3. The van der Waals surface area contributed by atoms with E-state index in [1.807, 2.05) is 12.4 Å². The number of fused-ring (bicyclic) bond motifs is 3. The lowest BCUT2D eigenvalue weighted by atomic mass is 9.94. The van der Waals surface area contributed by atoms with Crippen LogP contribution in [0.5, 0.6) is 0 Å². The molecule has 0 unspecified atom stereocenters. The molecule has 114 valence electrons. The maximum Gasteiger partial charge on any atom is 0.0420 e. The van der Waals surface area contributed by atoms with Gasteiger partial charge in [0, 0.05) is 50.3 Å². The summed E-state index contributed by atoms with van der Waals surface area (Å²) in [6.07, 6.45) is 7.45. The lowest BCUT2D eigenvalue weighted by molar-refractivity contribution is 0.216. The van der Waals surface area contributed by atoms with E-state index in [-0.39, 0.29) is 0 Å². The van der Waals surface area contributed by atoms with Gasteiger partial charge in [0.05, 0.1) is 0 Å². The Labute approximate surface area is 132 Å². The first kappa shape index (κ1) is 13.8. The molecule has 0 N–H and O–H groups in total. The van der Waals surface area contributed by atoms with Gasteiger partial charge in [0.25, 0.3) is 0 Å². The molecule has 2 aromatic rings. The summed E-state index contributed by atoms with van der Waals surface area (Å²) >= 11 is 0. The van der Waals surface area contributed by atoms with Gasteiger partial charge < -0.3 is 4.90 Å². The third-order valence-corrected chi connectivity index (χ3v) is 5.08. The van der Waals surface area contributed by atoms with Crippen molar-refractivity contribution in [1.82, 2.24) is 9.88 Å². The van der Waals surface area contributed by atoms with Crippen LogP contribution in [0.2, 0.25) is 0 Å². The molecule has 0 amide bonds. The highest BCUT2D eigenvalue weighted by atomic mass is 15.3. The summed E-state index contributed by atoms with van der Waals surface area (Å²) < 4.78 is 0. The van der Waals surface area contributed by atoms with Crippen molar-refractivity contribution in [2.45, 2.75) is 25.3 Å². The van der Waals surface area contributed by atoms with Gasteiger partial charge in [-0.25, -0.2) is 0 Å². The highest BCUT2D eigenvalue weighted by Gasteiger charge is 2.30. The number of pyridine rings is 1. The number of hydrogen-bond donors (Lipinski definition) is 0. The summed E-state index contributed by atoms with van der Waals surface area (Å²) in [6, 6.07) is 13.9. The van der Waals surface area contributed by atoms with Crippen LogP contribution in [0.1, 0.15) is 17.5 Å². The summed E-state index contributed by atoms with van der Waals surface area (Å²) in [6.45, 7) is 4.71. The number of piperazine rings is 1. The largest absolute Gasteiger partial charge is 0.366 e. The summed E-state index contributed by atoms with van der Waals surface area (Å²) in [7, 11) is 0. The Bertz CT molecular complexity index is 626. The molecular weight excluding hydrogens is 270 g/mol. The van der Waals surface area contributed by atoms with Crippen LogP contribution < -0.4 is 4.90 Å².